The molecule has 1 atom stereocenters. The molecule has 32 heavy (non-hydrogen) atoms. The maximum atomic E-state index is 12.9. The van der Waals surface area contributed by atoms with E-state index in [1.54, 1.807) is 10.7 Å². The van der Waals surface area contributed by atoms with E-state index in [-0.39, 0.29) is 11.9 Å². The largest absolute Gasteiger partial charge is 0.349 e. The summed E-state index contributed by atoms with van der Waals surface area (Å²) in [5, 5.41) is 7.63. The van der Waals surface area contributed by atoms with Crippen molar-refractivity contribution in [2.24, 2.45) is 0 Å². The Kier molecular flexibility index (Phi) is 6.35. The molecule has 1 amide bonds. The Morgan fingerprint density at radius 3 is 2.41 bits per heavy atom. The van der Waals surface area contributed by atoms with E-state index < -0.39 is 0 Å². The predicted molar refractivity (Wildman–Crippen MR) is 129 cm³/mol. The zero-order chi connectivity index (χ0) is 22.7. The number of hydrogen-bond acceptors (Lipinski definition) is 3. The van der Waals surface area contributed by atoms with Crippen molar-refractivity contribution in [1.82, 2.24) is 19.9 Å². The number of carbonyl (C=O) groups is 1. The Labute approximate surface area is 189 Å². The quantitative estimate of drug-likeness (QED) is 0.420. The average molecular weight is 427 g/mol. The number of fused-ring (bicyclic) bond motifs is 1. The molecule has 5 nitrogen and oxygen atoms in total. The van der Waals surface area contributed by atoms with Gasteiger partial charge in [-0.2, -0.15) is 5.10 Å². The van der Waals surface area contributed by atoms with Gasteiger partial charge in [0.05, 0.1) is 17.5 Å². The van der Waals surface area contributed by atoms with Gasteiger partial charge in [0.15, 0.2) is 5.65 Å². The summed E-state index contributed by atoms with van der Waals surface area (Å²) in [6.45, 7) is 8.32. The first-order valence-corrected chi connectivity index (χ1v) is 11.2. The van der Waals surface area contributed by atoms with E-state index in [1.807, 2.05) is 38.2 Å². The number of carbonyl (C=O) groups excluding carboxylic acids is 1. The molecular formula is C27H30N4O. The number of benzene rings is 2. The second-order valence-corrected chi connectivity index (χ2v) is 8.73. The van der Waals surface area contributed by atoms with Gasteiger partial charge in [-0.3, -0.25) is 4.79 Å². The molecule has 4 aromatic rings. The highest BCUT2D eigenvalue weighted by molar-refractivity contribution is 5.95. The molecule has 0 saturated heterocycles. The molecule has 2 heterocycles. The van der Waals surface area contributed by atoms with Crippen LogP contribution in [0.3, 0.4) is 0 Å². The van der Waals surface area contributed by atoms with Gasteiger partial charge in [-0.1, -0.05) is 68.4 Å². The molecule has 0 aliphatic carbocycles. The van der Waals surface area contributed by atoms with Gasteiger partial charge in [-0.15, -0.1) is 0 Å². The van der Waals surface area contributed by atoms with Crippen molar-refractivity contribution in [3.63, 3.8) is 0 Å². The fourth-order valence-corrected chi connectivity index (χ4v) is 3.92. The first-order chi connectivity index (χ1) is 15.4. The second kappa shape index (κ2) is 9.35. The topological polar surface area (TPSA) is 59.3 Å². The second-order valence-electron chi connectivity index (χ2n) is 8.73. The lowest BCUT2D eigenvalue weighted by atomic mass is 10.00. The number of amides is 1. The van der Waals surface area contributed by atoms with Crippen molar-refractivity contribution in [3.8, 4) is 11.1 Å². The van der Waals surface area contributed by atoms with Crippen molar-refractivity contribution in [2.45, 2.75) is 52.5 Å². The van der Waals surface area contributed by atoms with E-state index in [9.17, 15) is 4.79 Å². The molecule has 0 unspecified atom stereocenters. The van der Waals surface area contributed by atoms with Crippen molar-refractivity contribution < 1.29 is 4.79 Å². The number of hydrogen-bond donors (Lipinski definition) is 1. The maximum Gasteiger partial charge on any atom is 0.254 e. The van der Waals surface area contributed by atoms with Crippen LogP contribution in [0.1, 0.15) is 60.3 Å². The molecule has 0 aliphatic rings. The molecule has 0 spiro atoms. The molecule has 164 valence electrons. The van der Waals surface area contributed by atoms with Crippen LogP contribution in [0.15, 0.2) is 67.0 Å². The summed E-state index contributed by atoms with van der Waals surface area (Å²) in [5.74, 6) is 0.375. The summed E-state index contributed by atoms with van der Waals surface area (Å²) < 4.78 is 1.76. The lowest BCUT2D eigenvalue weighted by molar-refractivity contribution is 0.0936. The van der Waals surface area contributed by atoms with E-state index in [4.69, 9.17) is 0 Å². The van der Waals surface area contributed by atoms with Crippen molar-refractivity contribution in [2.75, 3.05) is 0 Å². The molecule has 0 bridgehead atoms. The molecule has 4 rings (SSSR count). The lowest BCUT2D eigenvalue weighted by Crippen LogP contribution is -2.33. The maximum absolute atomic E-state index is 12.9. The highest BCUT2D eigenvalue weighted by Gasteiger charge is 2.18. The van der Waals surface area contributed by atoms with Gasteiger partial charge in [0.25, 0.3) is 5.91 Å². The monoisotopic (exact) mass is 426 g/mol. The van der Waals surface area contributed by atoms with Gasteiger partial charge in [0, 0.05) is 17.8 Å². The van der Waals surface area contributed by atoms with Gasteiger partial charge >= 0.3 is 0 Å². The van der Waals surface area contributed by atoms with Gasteiger partial charge in [0.2, 0.25) is 0 Å². The van der Waals surface area contributed by atoms with Gasteiger partial charge < -0.3 is 5.32 Å². The van der Waals surface area contributed by atoms with Crippen LogP contribution in [-0.4, -0.2) is 26.5 Å². The smallest absolute Gasteiger partial charge is 0.254 e. The summed E-state index contributed by atoms with van der Waals surface area (Å²) in [6.07, 6.45) is 5.29. The molecule has 0 saturated carbocycles. The Hall–Kier alpha value is -3.47. The third kappa shape index (κ3) is 4.57. The number of nitrogens with zero attached hydrogens (tertiary/aromatic N) is 3. The highest BCUT2D eigenvalue weighted by Crippen LogP contribution is 2.26. The molecule has 0 radical (unpaired) electrons. The van der Waals surface area contributed by atoms with Crippen LogP contribution in [0.25, 0.3) is 16.8 Å². The first-order valence-electron chi connectivity index (χ1n) is 11.2. The van der Waals surface area contributed by atoms with Crippen LogP contribution in [0.2, 0.25) is 0 Å². The number of rotatable bonds is 7. The van der Waals surface area contributed by atoms with E-state index in [0.717, 1.165) is 35.3 Å². The minimum Gasteiger partial charge on any atom is -0.349 e. The fourth-order valence-electron chi connectivity index (χ4n) is 3.92. The van der Waals surface area contributed by atoms with Crippen LogP contribution in [-0.2, 0) is 6.42 Å². The normalized spacial score (nSPS) is 12.3. The molecule has 2 aromatic carbocycles. The Balaban J connectivity index is 1.50. The Morgan fingerprint density at radius 2 is 1.72 bits per heavy atom. The number of aromatic nitrogens is 3. The van der Waals surface area contributed by atoms with Gasteiger partial charge in [-0.05, 0) is 49.3 Å². The van der Waals surface area contributed by atoms with Crippen molar-refractivity contribution >= 4 is 11.6 Å². The van der Waals surface area contributed by atoms with Gasteiger partial charge in [0.1, 0.15) is 0 Å². The third-order valence-corrected chi connectivity index (χ3v) is 5.99. The molecule has 2 aromatic heterocycles. The third-order valence-electron chi connectivity index (χ3n) is 5.99. The number of aryl methyl sites for hydroxylation is 2. The summed E-state index contributed by atoms with van der Waals surface area (Å²) in [5.41, 5.74) is 6.71. The van der Waals surface area contributed by atoms with Gasteiger partial charge in [-0.25, -0.2) is 9.50 Å². The molecular weight excluding hydrogens is 396 g/mol. The Bertz CT molecular complexity index is 1210. The highest BCUT2D eigenvalue weighted by atomic mass is 16.1. The first kappa shape index (κ1) is 21.8. The minimum atomic E-state index is -0.115. The summed E-state index contributed by atoms with van der Waals surface area (Å²) >= 11 is 0. The van der Waals surface area contributed by atoms with Crippen LogP contribution >= 0.6 is 0 Å². The SMILES string of the molecule is Cc1c(C(=O)N[C@H](C)CCc2ccccc2)cnc2c(-c3ccc(C(C)C)cc3)cnn12. The predicted octanol–water partition coefficient (Wildman–Crippen LogP) is 5.58. The summed E-state index contributed by atoms with van der Waals surface area (Å²) in [6, 6.07) is 18.9. The van der Waals surface area contributed by atoms with E-state index in [0.29, 0.717) is 11.5 Å². The van der Waals surface area contributed by atoms with E-state index in [1.165, 1.54) is 11.1 Å². The fraction of sp³-hybridized carbons (Fsp3) is 0.296. The standard InChI is InChI=1S/C27H30N4O/c1-18(2)22-12-14-23(15-13-22)25-17-29-31-20(4)24(16-28-26(25)31)27(32)30-19(3)10-11-21-8-6-5-7-9-21/h5-9,12-19H,10-11H2,1-4H3,(H,30,32)/t19-/m1/s1. The zero-order valence-corrected chi connectivity index (χ0v) is 19.2. The van der Waals surface area contributed by atoms with Crippen LogP contribution in [0, 0.1) is 6.92 Å². The molecule has 0 aliphatic heterocycles. The molecule has 1 N–H and O–H groups in total. The van der Waals surface area contributed by atoms with Crippen LogP contribution in [0.5, 0.6) is 0 Å². The van der Waals surface area contributed by atoms with Crippen molar-refractivity contribution in [1.29, 1.82) is 0 Å². The van der Waals surface area contributed by atoms with Crippen molar-refractivity contribution in [3.05, 3.63) is 89.4 Å². The molecule has 5 heteroatoms. The number of nitrogens with one attached hydrogen (secondary N) is 1. The average Bonchev–Trinajstić information content (AvgIpc) is 3.23. The minimum absolute atomic E-state index is 0.0606. The summed E-state index contributed by atoms with van der Waals surface area (Å²) in [7, 11) is 0. The van der Waals surface area contributed by atoms with E-state index in [2.05, 4.69) is 65.6 Å². The molecule has 0 fully saturated rings. The summed E-state index contributed by atoms with van der Waals surface area (Å²) in [4.78, 5) is 17.5. The van der Waals surface area contributed by atoms with E-state index >= 15 is 0 Å². The van der Waals surface area contributed by atoms with Crippen LogP contribution in [0.4, 0.5) is 0 Å². The Morgan fingerprint density at radius 1 is 1.00 bits per heavy atom. The lowest BCUT2D eigenvalue weighted by Gasteiger charge is -2.15. The van der Waals surface area contributed by atoms with Crippen LogP contribution < -0.4 is 5.32 Å². The zero-order valence-electron chi connectivity index (χ0n) is 19.2.